The number of aryl methyl sites for hydroxylation is 1. The van der Waals surface area contributed by atoms with Gasteiger partial charge in [-0.2, -0.15) is 13.2 Å². The number of carbonyl (C=O) groups is 2. The summed E-state index contributed by atoms with van der Waals surface area (Å²) < 4.78 is 45.3. The average Bonchev–Trinajstić information content (AvgIpc) is 3.35. The first kappa shape index (κ1) is 26.7. The van der Waals surface area contributed by atoms with Gasteiger partial charge in [-0.25, -0.2) is 0 Å². The predicted molar refractivity (Wildman–Crippen MR) is 137 cm³/mol. The van der Waals surface area contributed by atoms with E-state index in [1.165, 1.54) is 18.2 Å². The molecule has 10 heteroatoms. The zero-order valence-electron chi connectivity index (χ0n) is 20.0. The minimum atomic E-state index is -4.56. The largest absolute Gasteiger partial charge is 0.457 e. The second-order valence-corrected chi connectivity index (χ2v) is 8.68. The number of alkyl halides is 3. The third kappa shape index (κ3) is 6.68. The Morgan fingerprint density at radius 2 is 1.79 bits per heavy atom. The van der Waals surface area contributed by atoms with Crippen LogP contribution in [0.25, 0.3) is 17.4 Å². The van der Waals surface area contributed by atoms with Crippen molar-refractivity contribution in [3.8, 4) is 11.3 Å². The molecular formula is C28H21ClF3N3O3. The Kier molecular flexibility index (Phi) is 7.97. The molecule has 38 heavy (non-hydrogen) atoms. The lowest BCUT2D eigenvalue weighted by molar-refractivity contribution is -0.137. The van der Waals surface area contributed by atoms with Crippen molar-refractivity contribution < 1.29 is 27.2 Å². The van der Waals surface area contributed by atoms with Gasteiger partial charge in [-0.05, 0) is 61.5 Å². The molecule has 4 rings (SSSR count). The number of furan rings is 1. The van der Waals surface area contributed by atoms with Gasteiger partial charge in [0.2, 0.25) is 0 Å². The number of nitrogens with one attached hydrogen (secondary N) is 2. The number of rotatable bonds is 7. The Morgan fingerprint density at radius 1 is 1.03 bits per heavy atom. The summed E-state index contributed by atoms with van der Waals surface area (Å²) in [6.07, 6.45) is -1.70. The third-order valence-corrected chi connectivity index (χ3v) is 5.76. The van der Waals surface area contributed by atoms with Gasteiger partial charge in [0.15, 0.2) is 0 Å². The molecule has 0 aliphatic heterocycles. The van der Waals surface area contributed by atoms with Crippen LogP contribution in [0, 0.1) is 6.92 Å². The molecule has 2 amide bonds. The summed E-state index contributed by atoms with van der Waals surface area (Å²) in [6, 6.07) is 17.8. The summed E-state index contributed by atoms with van der Waals surface area (Å²) in [7, 11) is 0. The number of halogens is 4. The Bertz CT molecular complexity index is 1480. The molecule has 0 atom stereocenters. The Balaban J connectivity index is 1.63. The number of amides is 2. The second-order valence-electron chi connectivity index (χ2n) is 8.28. The van der Waals surface area contributed by atoms with E-state index in [0.717, 1.165) is 23.8 Å². The van der Waals surface area contributed by atoms with E-state index < -0.39 is 23.6 Å². The highest BCUT2D eigenvalue weighted by molar-refractivity contribution is 6.33. The average molecular weight is 540 g/mol. The highest BCUT2D eigenvalue weighted by Crippen LogP contribution is 2.36. The summed E-state index contributed by atoms with van der Waals surface area (Å²) in [6.45, 7) is 1.98. The minimum absolute atomic E-state index is 0.0333. The molecule has 0 spiro atoms. The monoisotopic (exact) mass is 539 g/mol. The van der Waals surface area contributed by atoms with E-state index in [2.05, 4.69) is 15.6 Å². The first-order chi connectivity index (χ1) is 18.1. The zero-order chi connectivity index (χ0) is 27.3. The fourth-order valence-corrected chi connectivity index (χ4v) is 3.65. The first-order valence-electron chi connectivity index (χ1n) is 11.3. The lowest BCUT2D eigenvalue weighted by Crippen LogP contribution is -2.34. The number of carbonyl (C=O) groups excluding carboxylic acids is 2. The Hall–Kier alpha value is -4.37. The fraction of sp³-hybridized carbons (Fsp3) is 0.107. The number of nitrogens with zero attached hydrogens (tertiary/aromatic N) is 1. The van der Waals surface area contributed by atoms with Crippen molar-refractivity contribution in [3.63, 3.8) is 0 Å². The molecule has 0 saturated carbocycles. The van der Waals surface area contributed by atoms with Crippen molar-refractivity contribution in [2.45, 2.75) is 19.6 Å². The van der Waals surface area contributed by atoms with Gasteiger partial charge >= 0.3 is 6.18 Å². The van der Waals surface area contributed by atoms with Crippen LogP contribution in [0.5, 0.6) is 0 Å². The van der Waals surface area contributed by atoms with E-state index in [1.54, 1.807) is 48.7 Å². The highest BCUT2D eigenvalue weighted by atomic mass is 35.5. The maximum absolute atomic E-state index is 13.2. The first-order valence-corrected chi connectivity index (χ1v) is 11.7. The smallest absolute Gasteiger partial charge is 0.416 e. The Morgan fingerprint density at radius 3 is 2.47 bits per heavy atom. The molecule has 0 fully saturated rings. The van der Waals surface area contributed by atoms with E-state index in [-0.39, 0.29) is 34.3 Å². The summed E-state index contributed by atoms with van der Waals surface area (Å²) in [5, 5.41) is 5.33. The molecule has 0 unspecified atom stereocenters. The fourth-order valence-electron chi connectivity index (χ4n) is 3.43. The topological polar surface area (TPSA) is 84.2 Å². The molecule has 2 heterocycles. The van der Waals surface area contributed by atoms with Crippen molar-refractivity contribution >= 4 is 29.5 Å². The third-order valence-electron chi connectivity index (χ3n) is 5.44. The van der Waals surface area contributed by atoms with Gasteiger partial charge in [0.25, 0.3) is 11.8 Å². The molecule has 0 radical (unpaired) electrons. The molecule has 4 aromatic rings. The van der Waals surface area contributed by atoms with Crippen molar-refractivity contribution in [2.75, 3.05) is 0 Å². The number of hydrogen-bond donors (Lipinski definition) is 2. The van der Waals surface area contributed by atoms with E-state index in [1.807, 2.05) is 6.92 Å². The molecule has 194 valence electrons. The molecule has 2 aromatic carbocycles. The highest BCUT2D eigenvalue weighted by Gasteiger charge is 2.31. The summed E-state index contributed by atoms with van der Waals surface area (Å²) in [5.74, 6) is -0.978. The number of pyridine rings is 1. The van der Waals surface area contributed by atoms with Crippen LogP contribution in [0.2, 0.25) is 5.02 Å². The van der Waals surface area contributed by atoms with Crippen LogP contribution in [0.4, 0.5) is 13.2 Å². The molecule has 0 aliphatic carbocycles. The molecule has 0 aliphatic rings. The van der Waals surface area contributed by atoms with Crippen LogP contribution in [0.15, 0.2) is 89.1 Å². The van der Waals surface area contributed by atoms with Gasteiger partial charge in [-0.3, -0.25) is 14.6 Å². The molecule has 2 N–H and O–H groups in total. The van der Waals surface area contributed by atoms with Crippen LogP contribution >= 0.6 is 11.6 Å². The predicted octanol–water partition coefficient (Wildman–Crippen LogP) is 6.41. The van der Waals surface area contributed by atoms with Crippen molar-refractivity contribution in [2.24, 2.45) is 0 Å². The van der Waals surface area contributed by atoms with Gasteiger partial charge < -0.3 is 15.1 Å². The van der Waals surface area contributed by atoms with Crippen LogP contribution in [-0.2, 0) is 17.5 Å². The van der Waals surface area contributed by atoms with Crippen LogP contribution in [0.3, 0.4) is 0 Å². The minimum Gasteiger partial charge on any atom is -0.457 e. The van der Waals surface area contributed by atoms with Crippen molar-refractivity contribution in [3.05, 3.63) is 118 Å². The lowest BCUT2D eigenvalue weighted by atomic mass is 10.1. The zero-order valence-corrected chi connectivity index (χ0v) is 20.7. The van der Waals surface area contributed by atoms with Crippen molar-refractivity contribution in [1.29, 1.82) is 0 Å². The van der Waals surface area contributed by atoms with Gasteiger partial charge in [-0.15, -0.1) is 0 Å². The number of hydrogen-bond acceptors (Lipinski definition) is 4. The Labute approximate surface area is 221 Å². The van der Waals surface area contributed by atoms with Gasteiger partial charge in [-0.1, -0.05) is 35.4 Å². The van der Waals surface area contributed by atoms with Crippen LogP contribution in [0.1, 0.15) is 32.9 Å². The van der Waals surface area contributed by atoms with Gasteiger partial charge in [0, 0.05) is 23.4 Å². The molecule has 0 saturated heterocycles. The standard InChI is InChI=1S/C28H21ClF3N3O3/c1-17-5-7-18(8-6-17)26(36)35-24(27(37)34-16-20-4-2-3-13-33-20)15-21-10-12-25(38-21)22-14-19(28(30,31)32)9-11-23(22)29/h2-15H,16H2,1H3,(H,34,37)(H,35,36). The van der Waals surface area contributed by atoms with E-state index >= 15 is 0 Å². The number of aromatic nitrogens is 1. The lowest BCUT2D eigenvalue weighted by Gasteiger charge is -2.11. The number of benzene rings is 2. The summed E-state index contributed by atoms with van der Waals surface area (Å²) in [4.78, 5) is 30.0. The maximum Gasteiger partial charge on any atom is 0.416 e. The maximum atomic E-state index is 13.2. The SMILES string of the molecule is Cc1ccc(C(=O)NC(=Cc2ccc(-c3cc(C(F)(F)F)ccc3Cl)o2)C(=O)NCc2ccccn2)cc1. The van der Waals surface area contributed by atoms with Crippen molar-refractivity contribution in [1.82, 2.24) is 15.6 Å². The van der Waals surface area contributed by atoms with E-state index in [4.69, 9.17) is 16.0 Å². The molecule has 2 aromatic heterocycles. The van der Waals surface area contributed by atoms with Gasteiger partial charge in [0.05, 0.1) is 22.8 Å². The van der Waals surface area contributed by atoms with E-state index in [9.17, 15) is 22.8 Å². The van der Waals surface area contributed by atoms with E-state index in [0.29, 0.717) is 11.3 Å². The molecular weight excluding hydrogens is 519 g/mol. The molecule has 6 nitrogen and oxygen atoms in total. The molecule has 0 bridgehead atoms. The van der Waals surface area contributed by atoms with Gasteiger partial charge in [0.1, 0.15) is 17.2 Å². The summed E-state index contributed by atoms with van der Waals surface area (Å²) in [5.41, 5.74) is 0.903. The second kappa shape index (κ2) is 11.4. The van der Waals surface area contributed by atoms with Crippen LogP contribution in [-0.4, -0.2) is 16.8 Å². The summed E-state index contributed by atoms with van der Waals surface area (Å²) >= 11 is 6.12. The normalized spacial score (nSPS) is 11.8. The quantitative estimate of drug-likeness (QED) is 0.266. The van der Waals surface area contributed by atoms with Crippen LogP contribution < -0.4 is 10.6 Å².